The van der Waals surface area contributed by atoms with Gasteiger partial charge in [-0.3, -0.25) is 9.69 Å². The van der Waals surface area contributed by atoms with Crippen LogP contribution in [0.3, 0.4) is 0 Å². The third kappa shape index (κ3) is 3.05. The lowest BCUT2D eigenvalue weighted by Gasteiger charge is -2.35. The molecule has 0 radical (unpaired) electrons. The SMILES string of the molecule is CC(=O)C1=C(C)N(Cc2ccccc2)C(=O)N[C@H]1c1cccs1. The first-order valence-corrected chi connectivity index (χ1v) is 8.33. The highest BCUT2D eigenvalue weighted by atomic mass is 32.1. The van der Waals surface area contributed by atoms with Gasteiger partial charge in [0.25, 0.3) is 0 Å². The number of amides is 2. The van der Waals surface area contributed by atoms with Gasteiger partial charge in [0.1, 0.15) is 0 Å². The Bertz CT molecular complexity index is 751. The van der Waals surface area contributed by atoms with Gasteiger partial charge in [-0.05, 0) is 30.9 Å². The molecule has 2 amide bonds. The molecule has 1 aliphatic heterocycles. The fourth-order valence-corrected chi connectivity index (χ4v) is 3.65. The molecule has 2 heterocycles. The van der Waals surface area contributed by atoms with E-state index in [9.17, 15) is 9.59 Å². The molecule has 0 fully saturated rings. The Balaban J connectivity index is 1.99. The van der Waals surface area contributed by atoms with Crippen molar-refractivity contribution in [3.63, 3.8) is 0 Å². The second-order valence-corrected chi connectivity index (χ2v) is 6.50. The molecule has 4 nitrogen and oxygen atoms in total. The summed E-state index contributed by atoms with van der Waals surface area (Å²) in [5, 5.41) is 4.92. The largest absolute Gasteiger partial charge is 0.326 e. The molecule has 0 saturated heterocycles. The average molecular weight is 326 g/mol. The summed E-state index contributed by atoms with van der Waals surface area (Å²) < 4.78 is 0. The van der Waals surface area contributed by atoms with E-state index in [1.54, 1.807) is 23.2 Å². The van der Waals surface area contributed by atoms with Crippen LogP contribution in [0.1, 0.15) is 30.3 Å². The molecule has 1 aromatic heterocycles. The summed E-state index contributed by atoms with van der Waals surface area (Å²) in [5.41, 5.74) is 2.41. The lowest BCUT2D eigenvalue weighted by molar-refractivity contribution is -0.114. The molecule has 2 aromatic rings. The van der Waals surface area contributed by atoms with Gasteiger partial charge in [-0.25, -0.2) is 4.79 Å². The van der Waals surface area contributed by atoms with Gasteiger partial charge in [-0.15, -0.1) is 11.3 Å². The summed E-state index contributed by atoms with van der Waals surface area (Å²) >= 11 is 1.54. The van der Waals surface area contributed by atoms with Crippen LogP contribution in [0.2, 0.25) is 0 Å². The van der Waals surface area contributed by atoms with Crippen LogP contribution in [0.25, 0.3) is 0 Å². The summed E-state index contributed by atoms with van der Waals surface area (Å²) in [5.74, 6) is -0.0149. The van der Waals surface area contributed by atoms with E-state index < -0.39 is 0 Å². The third-order valence-corrected chi connectivity index (χ3v) is 4.92. The number of hydrogen-bond acceptors (Lipinski definition) is 3. The molecular weight excluding hydrogens is 308 g/mol. The maximum absolute atomic E-state index is 12.6. The topological polar surface area (TPSA) is 49.4 Å². The molecule has 0 saturated carbocycles. The standard InChI is InChI=1S/C18H18N2O2S/c1-12-16(13(2)21)17(15-9-6-10-23-15)19-18(22)20(12)11-14-7-4-3-5-8-14/h3-10,17H,11H2,1-2H3,(H,19,22)/t17-/m0/s1. The second-order valence-electron chi connectivity index (χ2n) is 5.52. The zero-order valence-corrected chi connectivity index (χ0v) is 13.9. The van der Waals surface area contributed by atoms with Crippen LogP contribution in [0, 0.1) is 0 Å². The van der Waals surface area contributed by atoms with Gasteiger partial charge in [0.15, 0.2) is 5.78 Å². The van der Waals surface area contributed by atoms with Gasteiger partial charge < -0.3 is 5.32 Å². The number of allylic oxidation sites excluding steroid dienone is 1. The molecule has 118 valence electrons. The molecule has 1 aliphatic rings. The molecule has 1 atom stereocenters. The molecule has 3 rings (SSSR count). The maximum atomic E-state index is 12.6. The van der Waals surface area contributed by atoms with Crippen molar-refractivity contribution in [2.75, 3.05) is 0 Å². The van der Waals surface area contributed by atoms with Gasteiger partial charge in [-0.2, -0.15) is 0 Å². The fraction of sp³-hybridized carbons (Fsp3) is 0.222. The number of rotatable bonds is 4. The van der Waals surface area contributed by atoms with Crippen LogP contribution < -0.4 is 5.32 Å². The van der Waals surface area contributed by atoms with Gasteiger partial charge in [0.05, 0.1) is 12.6 Å². The summed E-state index contributed by atoms with van der Waals surface area (Å²) in [6.45, 7) is 3.85. The van der Waals surface area contributed by atoms with E-state index in [0.29, 0.717) is 12.1 Å². The Morgan fingerprint density at radius 1 is 1.22 bits per heavy atom. The minimum Gasteiger partial charge on any atom is -0.326 e. The fourth-order valence-electron chi connectivity index (χ4n) is 2.86. The highest BCUT2D eigenvalue weighted by Gasteiger charge is 2.34. The Morgan fingerprint density at radius 3 is 2.57 bits per heavy atom. The van der Waals surface area contributed by atoms with Crippen molar-refractivity contribution in [1.82, 2.24) is 10.2 Å². The smallest absolute Gasteiger partial charge is 0.322 e. The van der Waals surface area contributed by atoms with Crippen molar-refractivity contribution < 1.29 is 9.59 Å². The van der Waals surface area contributed by atoms with Gasteiger partial charge in [-0.1, -0.05) is 36.4 Å². The predicted molar refractivity (Wildman–Crippen MR) is 91.0 cm³/mol. The van der Waals surface area contributed by atoms with Crippen molar-refractivity contribution in [3.05, 3.63) is 69.6 Å². The van der Waals surface area contributed by atoms with Gasteiger partial charge in [0, 0.05) is 16.1 Å². The number of urea groups is 1. The number of hydrogen-bond donors (Lipinski definition) is 1. The lowest BCUT2D eigenvalue weighted by Crippen LogP contribution is -2.47. The molecule has 5 heteroatoms. The first-order chi connectivity index (χ1) is 11.1. The number of carbonyl (C=O) groups excluding carboxylic acids is 2. The summed E-state index contributed by atoms with van der Waals surface area (Å²) in [6.07, 6.45) is 0. The van der Waals surface area contributed by atoms with Gasteiger partial charge >= 0.3 is 6.03 Å². The van der Waals surface area contributed by atoms with Crippen molar-refractivity contribution in [2.24, 2.45) is 0 Å². The number of ketones is 1. The average Bonchev–Trinajstić information content (AvgIpc) is 3.05. The summed E-state index contributed by atoms with van der Waals surface area (Å²) in [4.78, 5) is 27.4. The van der Waals surface area contributed by atoms with Crippen LogP contribution in [0.5, 0.6) is 0 Å². The normalized spacial score (nSPS) is 18.1. The first kappa shape index (κ1) is 15.5. The summed E-state index contributed by atoms with van der Waals surface area (Å²) in [6, 6.07) is 13.1. The quantitative estimate of drug-likeness (QED) is 0.927. The highest BCUT2D eigenvalue weighted by molar-refractivity contribution is 7.10. The Hall–Kier alpha value is -2.40. The number of Topliss-reactive ketones (excluding diaryl/α,β-unsaturated/α-hetero) is 1. The molecular formula is C18H18N2O2S. The highest BCUT2D eigenvalue weighted by Crippen LogP contribution is 2.33. The van der Waals surface area contributed by atoms with E-state index in [1.165, 1.54) is 0 Å². The van der Waals surface area contributed by atoms with Crippen molar-refractivity contribution in [2.45, 2.75) is 26.4 Å². The number of benzene rings is 1. The second kappa shape index (κ2) is 6.38. The van der Waals surface area contributed by atoms with Gasteiger partial charge in [0.2, 0.25) is 0 Å². The lowest BCUT2D eigenvalue weighted by atomic mass is 9.97. The number of nitrogens with one attached hydrogen (secondary N) is 1. The zero-order valence-electron chi connectivity index (χ0n) is 13.1. The van der Waals surface area contributed by atoms with E-state index in [2.05, 4.69) is 5.32 Å². The van der Waals surface area contributed by atoms with Crippen LogP contribution >= 0.6 is 11.3 Å². The van der Waals surface area contributed by atoms with E-state index in [0.717, 1.165) is 16.1 Å². The molecule has 1 aromatic carbocycles. The molecule has 1 N–H and O–H groups in total. The maximum Gasteiger partial charge on any atom is 0.322 e. The van der Waals surface area contributed by atoms with Crippen LogP contribution in [0.4, 0.5) is 4.79 Å². The molecule has 23 heavy (non-hydrogen) atoms. The number of nitrogens with zero attached hydrogens (tertiary/aromatic N) is 1. The number of thiophene rings is 1. The molecule has 0 aliphatic carbocycles. The van der Waals surface area contributed by atoms with E-state index in [1.807, 2.05) is 54.8 Å². The minimum atomic E-state index is -0.355. The third-order valence-electron chi connectivity index (χ3n) is 3.99. The minimum absolute atomic E-state index is 0.0149. The van der Waals surface area contributed by atoms with E-state index in [-0.39, 0.29) is 17.9 Å². The van der Waals surface area contributed by atoms with Crippen LogP contribution in [-0.4, -0.2) is 16.7 Å². The molecule has 0 unspecified atom stereocenters. The van der Waals surface area contributed by atoms with Crippen molar-refractivity contribution in [3.8, 4) is 0 Å². The number of carbonyl (C=O) groups is 2. The predicted octanol–water partition coefficient (Wildman–Crippen LogP) is 3.88. The monoisotopic (exact) mass is 326 g/mol. The summed E-state index contributed by atoms with van der Waals surface area (Å²) in [7, 11) is 0. The zero-order chi connectivity index (χ0) is 16.4. The Morgan fingerprint density at radius 2 is 1.96 bits per heavy atom. The molecule has 0 bridgehead atoms. The van der Waals surface area contributed by atoms with Crippen LogP contribution in [0.15, 0.2) is 59.1 Å². The van der Waals surface area contributed by atoms with Crippen molar-refractivity contribution >= 4 is 23.2 Å². The van der Waals surface area contributed by atoms with Crippen LogP contribution in [-0.2, 0) is 11.3 Å². The van der Waals surface area contributed by atoms with Crippen molar-refractivity contribution in [1.29, 1.82) is 0 Å². The van der Waals surface area contributed by atoms with E-state index >= 15 is 0 Å². The molecule has 0 spiro atoms. The Kier molecular flexibility index (Phi) is 4.30. The van der Waals surface area contributed by atoms with E-state index in [4.69, 9.17) is 0 Å². The Labute approximate surface area is 139 Å². The first-order valence-electron chi connectivity index (χ1n) is 7.45.